The molecular formula is C13H14ClFN4O2. The molecule has 0 saturated heterocycles. The lowest BCUT2D eigenvalue weighted by Crippen LogP contribution is -2.33. The van der Waals surface area contributed by atoms with Gasteiger partial charge in [0.05, 0.1) is 17.3 Å². The summed E-state index contributed by atoms with van der Waals surface area (Å²) in [7, 11) is 1.54. The van der Waals surface area contributed by atoms with E-state index in [1.165, 1.54) is 30.3 Å². The maximum Gasteiger partial charge on any atom is 0.275 e. The summed E-state index contributed by atoms with van der Waals surface area (Å²) in [5, 5.41) is 16.7. The van der Waals surface area contributed by atoms with Crippen molar-refractivity contribution in [2.24, 2.45) is 0 Å². The highest BCUT2D eigenvalue weighted by molar-refractivity contribution is 6.30. The van der Waals surface area contributed by atoms with Crippen LogP contribution in [0.3, 0.4) is 0 Å². The molecule has 0 aliphatic carbocycles. The molecular weight excluding hydrogens is 299 g/mol. The molecule has 0 aliphatic rings. The number of aliphatic hydroxyl groups excluding tert-OH is 1. The zero-order chi connectivity index (χ0) is 15.6. The zero-order valence-corrected chi connectivity index (χ0v) is 12.3. The Bertz CT molecular complexity index is 659. The highest BCUT2D eigenvalue weighted by Crippen LogP contribution is 2.20. The van der Waals surface area contributed by atoms with Crippen molar-refractivity contribution in [3.05, 3.63) is 40.9 Å². The lowest BCUT2D eigenvalue weighted by atomic mass is 10.3. The first-order valence-electron chi connectivity index (χ1n) is 6.20. The molecule has 0 radical (unpaired) electrons. The van der Waals surface area contributed by atoms with Gasteiger partial charge in [-0.15, -0.1) is 5.10 Å². The van der Waals surface area contributed by atoms with E-state index in [1.54, 1.807) is 13.0 Å². The minimum Gasteiger partial charge on any atom is -0.392 e. The van der Waals surface area contributed by atoms with Crippen LogP contribution >= 0.6 is 11.6 Å². The molecule has 6 nitrogen and oxygen atoms in total. The highest BCUT2D eigenvalue weighted by Gasteiger charge is 2.18. The van der Waals surface area contributed by atoms with Gasteiger partial charge in [0.15, 0.2) is 11.5 Å². The number of hydrogen-bond donors (Lipinski definition) is 1. The van der Waals surface area contributed by atoms with Crippen LogP contribution in [0.1, 0.15) is 17.4 Å². The Balaban J connectivity index is 2.26. The molecule has 1 amide bonds. The number of halogens is 2. The van der Waals surface area contributed by atoms with Gasteiger partial charge in [-0.2, -0.15) is 0 Å². The molecule has 1 aromatic heterocycles. The summed E-state index contributed by atoms with van der Waals surface area (Å²) in [5.41, 5.74) is 0.157. The Morgan fingerprint density at radius 3 is 2.95 bits per heavy atom. The second kappa shape index (κ2) is 6.19. The van der Waals surface area contributed by atoms with Gasteiger partial charge in [-0.05, 0) is 19.1 Å². The van der Waals surface area contributed by atoms with Crippen LogP contribution in [0, 0.1) is 5.82 Å². The van der Waals surface area contributed by atoms with Crippen molar-refractivity contribution >= 4 is 17.5 Å². The van der Waals surface area contributed by atoms with E-state index in [9.17, 15) is 14.3 Å². The minimum absolute atomic E-state index is 0.0397. The van der Waals surface area contributed by atoms with Crippen LogP contribution in [-0.4, -0.2) is 50.6 Å². The van der Waals surface area contributed by atoms with E-state index in [0.29, 0.717) is 0 Å². The summed E-state index contributed by atoms with van der Waals surface area (Å²) in [6, 6.07) is 4.47. The molecule has 2 rings (SSSR count). The lowest BCUT2D eigenvalue weighted by Gasteiger charge is -2.16. The van der Waals surface area contributed by atoms with Crippen molar-refractivity contribution in [3.8, 4) is 5.69 Å². The number of aliphatic hydroxyl groups is 1. The smallest absolute Gasteiger partial charge is 0.275 e. The highest BCUT2D eigenvalue weighted by atomic mass is 35.5. The molecule has 21 heavy (non-hydrogen) atoms. The van der Waals surface area contributed by atoms with Crippen molar-refractivity contribution in [1.82, 2.24) is 19.9 Å². The third-order valence-electron chi connectivity index (χ3n) is 2.78. The van der Waals surface area contributed by atoms with Crippen molar-refractivity contribution in [1.29, 1.82) is 0 Å². The number of rotatable bonds is 4. The van der Waals surface area contributed by atoms with E-state index in [0.717, 1.165) is 4.68 Å². The van der Waals surface area contributed by atoms with Crippen molar-refractivity contribution < 1.29 is 14.3 Å². The van der Waals surface area contributed by atoms with Gasteiger partial charge in [-0.25, -0.2) is 9.07 Å². The SMILES string of the molecule is CC(O)CN(C)C(=O)c1cn(-c2cccc(Cl)c2F)nn1. The van der Waals surface area contributed by atoms with Crippen LogP contribution in [0.25, 0.3) is 5.69 Å². The van der Waals surface area contributed by atoms with Crippen LogP contribution in [0.2, 0.25) is 5.02 Å². The molecule has 0 saturated carbocycles. The molecule has 0 fully saturated rings. The normalized spacial score (nSPS) is 12.2. The summed E-state index contributed by atoms with van der Waals surface area (Å²) >= 11 is 5.70. The largest absolute Gasteiger partial charge is 0.392 e. The summed E-state index contributed by atoms with van der Waals surface area (Å²) in [6.45, 7) is 1.74. The van der Waals surface area contributed by atoms with Gasteiger partial charge in [-0.1, -0.05) is 22.9 Å². The number of nitrogens with zero attached hydrogens (tertiary/aromatic N) is 4. The van der Waals surface area contributed by atoms with Gasteiger partial charge >= 0.3 is 0 Å². The molecule has 1 atom stereocenters. The number of carbonyl (C=O) groups is 1. The second-order valence-corrected chi connectivity index (χ2v) is 5.06. The van der Waals surface area contributed by atoms with Crippen LogP contribution in [0.15, 0.2) is 24.4 Å². The first-order valence-corrected chi connectivity index (χ1v) is 6.58. The number of likely N-dealkylation sites (N-methyl/N-ethyl adjacent to an activating group) is 1. The fourth-order valence-corrected chi connectivity index (χ4v) is 1.99. The monoisotopic (exact) mass is 312 g/mol. The summed E-state index contributed by atoms with van der Waals surface area (Å²) in [4.78, 5) is 13.4. The van der Waals surface area contributed by atoms with E-state index < -0.39 is 17.8 Å². The fourth-order valence-electron chi connectivity index (χ4n) is 1.82. The molecule has 2 aromatic rings. The Hall–Kier alpha value is -1.99. The Morgan fingerprint density at radius 2 is 2.29 bits per heavy atom. The zero-order valence-electron chi connectivity index (χ0n) is 11.5. The quantitative estimate of drug-likeness (QED) is 0.929. The van der Waals surface area contributed by atoms with Gasteiger partial charge < -0.3 is 10.0 Å². The number of carbonyl (C=O) groups excluding carboxylic acids is 1. The van der Waals surface area contributed by atoms with Crippen molar-refractivity contribution in [2.75, 3.05) is 13.6 Å². The second-order valence-electron chi connectivity index (χ2n) is 4.66. The molecule has 1 aromatic carbocycles. The maximum atomic E-state index is 13.9. The van der Waals surface area contributed by atoms with Crippen molar-refractivity contribution in [2.45, 2.75) is 13.0 Å². The van der Waals surface area contributed by atoms with Gasteiger partial charge in [0.25, 0.3) is 5.91 Å². The number of amides is 1. The predicted octanol–water partition coefficient (Wildman–Crippen LogP) is 1.51. The standard InChI is InChI=1S/C13H14ClFN4O2/c1-8(20)6-18(2)13(21)10-7-19(17-16-10)11-5-3-4-9(14)12(11)15/h3-5,7-8,20H,6H2,1-2H3. The van der Waals surface area contributed by atoms with E-state index in [-0.39, 0.29) is 22.9 Å². The van der Waals surface area contributed by atoms with Crippen LogP contribution in [0.5, 0.6) is 0 Å². The van der Waals surface area contributed by atoms with Gasteiger partial charge in [0.1, 0.15) is 5.69 Å². The third-order valence-corrected chi connectivity index (χ3v) is 3.07. The number of aromatic nitrogens is 3. The van der Waals surface area contributed by atoms with Crippen LogP contribution < -0.4 is 0 Å². The summed E-state index contributed by atoms with van der Waals surface area (Å²) in [6.07, 6.45) is 0.662. The summed E-state index contributed by atoms with van der Waals surface area (Å²) < 4.78 is 15.0. The maximum absolute atomic E-state index is 13.9. The molecule has 1 heterocycles. The number of benzene rings is 1. The molecule has 0 aliphatic heterocycles. The topological polar surface area (TPSA) is 71.2 Å². The lowest BCUT2D eigenvalue weighted by molar-refractivity contribution is 0.0698. The van der Waals surface area contributed by atoms with Gasteiger partial charge in [0, 0.05) is 13.6 Å². The van der Waals surface area contributed by atoms with E-state index in [1.807, 2.05) is 0 Å². The first-order chi connectivity index (χ1) is 9.90. The molecule has 0 bridgehead atoms. The van der Waals surface area contributed by atoms with E-state index >= 15 is 0 Å². The van der Waals surface area contributed by atoms with Crippen LogP contribution in [-0.2, 0) is 0 Å². The first kappa shape index (κ1) is 15.4. The average molecular weight is 313 g/mol. The molecule has 8 heteroatoms. The molecule has 1 unspecified atom stereocenters. The van der Waals surface area contributed by atoms with E-state index in [4.69, 9.17) is 11.6 Å². The summed E-state index contributed by atoms with van der Waals surface area (Å²) in [5.74, 6) is -1.05. The van der Waals surface area contributed by atoms with Crippen LogP contribution in [0.4, 0.5) is 4.39 Å². The van der Waals surface area contributed by atoms with Crippen molar-refractivity contribution in [3.63, 3.8) is 0 Å². The van der Waals surface area contributed by atoms with Gasteiger partial charge in [-0.3, -0.25) is 4.79 Å². The third kappa shape index (κ3) is 3.37. The molecule has 0 spiro atoms. The fraction of sp³-hybridized carbons (Fsp3) is 0.308. The number of hydrogen-bond acceptors (Lipinski definition) is 4. The Morgan fingerprint density at radius 1 is 1.57 bits per heavy atom. The predicted molar refractivity (Wildman–Crippen MR) is 75.0 cm³/mol. The minimum atomic E-state index is -0.653. The Labute approximate surface area is 125 Å². The van der Waals surface area contributed by atoms with E-state index in [2.05, 4.69) is 10.3 Å². The molecule has 112 valence electrons. The average Bonchev–Trinajstić information content (AvgIpc) is 2.89. The molecule has 1 N–H and O–H groups in total. The Kier molecular flexibility index (Phi) is 4.54. The van der Waals surface area contributed by atoms with Gasteiger partial charge in [0.2, 0.25) is 0 Å².